The van der Waals surface area contributed by atoms with Crippen LogP contribution in [0.4, 0.5) is 0 Å². The highest BCUT2D eigenvalue weighted by molar-refractivity contribution is 7.99. The van der Waals surface area contributed by atoms with E-state index >= 15 is 0 Å². The van der Waals surface area contributed by atoms with E-state index < -0.39 is 0 Å². The van der Waals surface area contributed by atoms with Crippen LogP contribution in [0.15, 0.2) is 0 Å². The van der Waals surface area contributed by atoms with Crippen LogP contribution < -0.4 is 0 Å². The Hall–Kier alpha value is -0.0200. The second-order valence-corrected chi connectivity index (χ2v) is 4.29. The highest BCUT2D eigenvalue weighted by Crippen LogP contribution is 2.57. The lowest BCUT2D eigenvalue weighted by Crippen LogP contribution is -2.21. The minimum absolute atomic E-state index is 0.0109. The maximum Gasteiger partial charge on any atom is 0.151 e. The van der Waals surface area contributed by atoms with Gasteiger partial charge < -0.3 is 4.74 Å². The van der Waals surface area contributed by atoms with Gasteiger partial charge in [0.2, 0.25) is 0 Å². The zero-order chi connectivity index (χ0) is 7.90. The van der Waals surface area contributed by atoms with Gasteiger partial charge in [0, 0.05) is 0 Å². The van der Waals surface area contributed by atoms with Crippen molar-refractivity contribution in [3.05, 3.63) is 0 Å². The quantitative estimate of drug-likeness (QED) is 0.634. The lowest BCUT2D eigenvalue weighted by molar-refractivity contribution is -0.122. The SMILES string of the molecule is CSCC(=O)C12COCC1C2. The number of hydrogen-bond donors (Lipinski definition) is 0. The molecule has 1 saturated carbocycles. The molecule has 0 aromatic carbocycles. The highest BCUT2D eigenvalue weighted by Gasteiger charge is 2.62. The summed E-state index contributed by atoms with van der Waals surface area (Å²) in [6.07, 6.45) is 3.06. The fourth-order valence-electron chi connectivity index (χ4n) is 1.86. The van der Waals surface area contributed by atoms with Gasteiger partial charge in [-0.05, 0) is 18.6 Å². The molecule has 11 heavy (non-hydrogen) atoms. The predicted molar refractivity (Wildman–Crippen MR) is 44.7 cm³/mol. The van der Waals surface area contributed by atoms with Crippen LogP contribution in [0.1, 0.15) is 6.42 Å². The van der Waals surface area contributed by atoms with Crippen molar-refractivity contribution in [2.75, 3.05) is 25.2 Å². The fourth-order valence-corrected chi connectivity index (χ4v) is 2.41. The van der Waals surface area contributed by atoms with E-state index in [1.165, 1.54) is 0 Å². The van der Waals surface area contributed by atoms with E-state index in [1.54, 1.807) is 11.8 Å². The van der Waals surface area contributed by atoms with Crippen molar-refractivity contribution in [1.29, 1.82) is 0 Å². The minimum Gasteiger partial charge on any atom is -0.380 e. The molecule has 1 heterocycles. The topological polar surface area (TPSA) is 26.3 Å². The van der Waals surface area contributed by atoms with E-state index in [4.69, 9.17) is 4.74 Å². The standard InChI is InChI=1S/C8H12O2S/c1-11-4-7(9)8-2-6(8)3-10-5-8/h6H,2-5H2,1H3. The van der Waals surface area contributed by atoms with Crippen molar-refractivity contribution in [2.24, 2.45) is 11.3 Å². The lowest BCUT2D eigenvalue weighted by atomic mass is 10.0. The van der Waals surface area contributed by atoms with E-state index in [1.807, 2.05) is 6.26 Å². The molecule has 1 saturated heterocycles. The summed E-state index contributed by atoms with van der Waals surface area (Å²) in [5.41, 5.74) is -0.0109. The first-order valence-electron chi connectivity index (χ1n) is 3.89. The van der Waals surface area contributed by atoms with E-state index in [9.17, 15) is 4.79 Å². The Morgan fingerprint density at radius 3 is 3.09 bits per heavy atom. The molecule has 1 aliphatic carbocycles. The van der Waals surface area contributed by atoms with Gasteiger partial charge in [0.05, 0.1) is 24.4 Å². The van der Waals surface area contributed by atoms with Gasteiger partial charge in [0.15, 0.2) is 5.78 Å². The number of carbonyl (C=O) groups is 1. The summed E-state index contributed by atoms with van der Waals surface area (Å²) in [6.45, 7) is 1.51. The molecule has 0 amide bonds. The van der Waals surface area contributed by atoms with Crippen LogP contribution in [0.3, 0.4) is 0 Å². The fraction of sp³-hybridized carbons (Fsp3) is 0.875. The average Bonchev–Trinajstić information content (AvgIpc) is 2.57. The van der Waals surface area contributed by atoms with Gasteiger partial charge >= 0.3 is 0 Å². The lowest BCUT2D eigenvalue weighted by Gasteiger charge is -2.07. The van der Waals surface area contributed by atoms with Gasteiger partial charge in [-0.2, -0.15) is 11.8 Å². The van der Waals surface area contributed by atoms with Crippen molar-refractivity contribution in [3.63, 3.8) is 0 Å². The third kappa shape index (κ3) is 1.02. The molecule has 0 N–H and O–H groups in total. The third-order valence-electron chi connectivity index (χ3n) is 2.74. The Kier molecular flexibility index (Phi) is 1.72. The van der Waals surface area contributed by atoms with Gasteiger partial charge in [0.25, 0.3) is 0 Å². The van der Waals surface area contributed by atoms with Crippen LogP contribution in [0.2, 0.25) is 0 Å². The Morgan fingerprint density at radius 2 is 2.64 bits per heavy atom. The van der Waals surface area contributed by atoms with Crippen molar-refractivity contribution < 1.29 is 9.53 Å². The normalized spacial score (nSPS) is 40.3. The van der Waals surface area contributed by atoms with Gasteiger partial charge in [0.1, 0.15) is 0 Å². The smallest absolute Gasteiger partial charge is 0.151 e. The number of thioether (sulfide) groups is 1. The van der Waals surface area contributed by atoms with E-state index in [-0.39, 0.29) is 5.41 Å². The van der Waals surface area contributed by atoms with Crippen molar-refractivity contribution in [1.82, 2.24) is 0 Å². The second-order valence-electron chi connectivity index (χ2n) is 3.43. The molecule has 3 heteroatoms. The molecular formula is C8H12O2S. The first kappa shape index (κ1) is 7.62. The maximum absolute atomic E-state index is 11.5. The van der Waals surface area contributed by atoms with Gasteiger partial charge in [-0.25, -0.2) is 0 Å². The van der Waals surface area contributed by atoms with E-state index in [2.05, 4.69) is 0 Å². The maximum atomic E-state index is 11.5. The summed E-state index contributed by atoms with van der Waals surface area (Å²) in [5.74, 6) is 1.65. The molecule has 2 rings (SSSR count). The third-order valence-corrected chi connectivity index (χ3v) is 3.29. The summed E-state index contributed by atoms with van der Waals surface area (Å²) in [4.78, 5) is 11.5. The molecular weight excluding hydrogens is 160 g/mol. The molecule has 1 aliphatic heterocycles. The van der Waals surface area contributed by atoms with Crippen LogP contribution >= 0.6 is 11.8 Å². The predicted octanol–water partition coefficient (Wildman–Crippen LogP) is 0.955. The molecule has 0 radical (unpaired) electrons. The van der Waals surface area contributed by atoms with Gasteiger partial charge in [-0.1, -0.05) is 0 Å². The number of rotatable bonds is 3. The van der Waals surface area contributed by atoms with E-state index in [0.29, 0.717) is 24.1 Å². The average molecular weight is 172 g/mol. The molecule has 0 bridgehead atoms. The zero-order valence-electron chi connectivity index (χ0n) is 6.63. The van der Waals surface area contributed by atoms with Crippen molar-refractivity contribution in [3.8, 4) is 0 Å². The minimum atomic E-state index is -0.0109. The summed E-state index contributed by atoms with van der Waals surface area (Å²) in [6, 6.07) is 0. The van der Waals surface area contributed by atoms with Crippen LogP contribution in [0.25, 0.3) is 0 Å². The number of hydrogen-bond acceptors (Lipinski definition) is 3. The van der Waals surface area contributed by atoms with E-state index in [0.717, 1.165) is 13.0 Å². The first-order chi connectivity index (χ1) is 5.29. The van der Waals surface area contributed by atoms with Crippen LogP contribution in [-0.2, 0) is 9.53 Å². The Morgan fingerprint density at radius 1 is 1.82 bits per heavy atom. The van der Waals surface area contributed by atoms with Crippen LogP contribution in [-0.4, -0.2) is 31.0 Å². The molecule has 0 spiro atoms. The molecule has 2 aliphatic rings. The second kappa shape index (κ2) is 2.49. The van der Waals surface area contributed by atoms with Crippen molar-refractivity contribution in [2.45, 2.75) is 6.42 Å². The van der Waals surface area contributed by atoms with Gasteiger partial charge in [-0.15, -0.1) is 0 Å². The van der Waals surface area contributed by atoms with Crippen molar-refractivity contribution >= 4 is 17.5 Å². The Bertz CT molecular complexity index is 193. The summed E-state index contributed by atoms with van der Waals surface area (Å²) >= 11 is 1.62. The largest absolute Gasteiger partial charge is 0.380 e. The monoisotopic (exact) mass is 172 g/mol. The Labute approximate surface area is 70.7 Å². The molecule has 2 atom stereocenters. The number of carbonyl (C=O) groups excluding carboxylic acids is 1. The summed E-state index contributed by atoms with van der Waals surface area (Å²) in [5, 5.41) is 0. The van der Waals surface area contributed by atoms with Gasteiger partial charge in [-0.3, -0.25) is 4.79 Å². The molecule has 2 unspecified atom stereocenters. The zero-order valence-corrected chi connectivity index (χ0v) is 7.45. The molecule has 0 aromatic rings. The highest BCUT2D eigenvalue weighted by atomic mass is 32.2. The molecule has 62 valence electrons. The first-order valence-corrected chi connectivity index (χ1v) is 5.29. The molecule has 2 fully saturated rings. The number of fused-ring (bicyclic) bond motifs is 1. The summed E-state index contributed by atoms with van der Waals surface area (Å²) in [7, 11) is 0. The number of Topliss-reactive ketones (excluding diaryl/α,β-unsaturated/α-hetero) is 1. The molecule has 2 nitrogen and oxygen atoms in total. The Balaban J connectivity index is 1.99. The van der Waals surface area contributed by atoms with Crippen LogP contribution in [0.5, 0.6) is 0 Å². The number of ketones is 1. The molecule has 0 aromatic heterocycles. The number of ether oxygens (including phenoxy) is 1. The summed E-state index contributed by atoms with van der Waals surface area (Å²) < 4.78 is 5.25. The van der Waals surface area contributed by atoms with Crippen LogP contribution in [0, 0.1) is 11.3 Å².